The van der Waals surface area contributed by atoms with Gasteiger partial charge >= 0.3 is 0 Å². The molecule has 1 saturated heterocycles. The van der Waals surface area contributed by atoms with E-state index in [1.54, 1.807) is 54.7 Å². The summed E-state index contributed by atoms with van der Waals surface area (Å²) in [5, 5.41) is 2.95. The maximum atomic E-state index is 12.9. The molecule has 1 aromatic carbocycles. The van der Waals surface area contributed by atoms with E-state index >= 15 is 0 Å². The van der Waals surface area contributed by atoms with Gasteiger partial charge in [-0.25, -0.2) is 0 Å². The molecule has 2 aliphatic heterocycles. The number of aromatic nitrogens is 1. The average molecular weight is 367 g/mol. The van der Waals surface area contributed by atoms with Crippen LogP contribution in [0.3, 0.4) is 0 Å². The number of amides is 2. The molecule has 2 amide bonds. The number of nitrogens with zero attached hydrogens (tertiary/aromatic N) is 2. The zero-order chi connectivity index (χ0) is 18.9. The van der Waals surface area contributed by atoms with E-state index in [9.17, 15) is 9.59 Å². The van der Waals surface area contributed by atoms with E-state index in [4.69, 9.17) is 9.47 Å². The van der Waals surface area contributed by atoms with Crippen LogP contribution in [0.4, 0.5) is 0 Å². The van der Waals surface area contributed by atoms with Crippen molar-refractivity contribution in [1.29, 1.82) is 0 Å². The lowest BCUT2D eigenvalue weighted by Gasteiger charge is -2.42. The van der Waals surface area contributed by atoms with Gasteiger partial charge in [-0.05, 0) is 37.1 Å². The standard InChI is InChI=1S/C20H21N3O4/c1-26-15-3-4-16-17(11-15)27-20(12-22-18(16)24)7-2-10-23(13-20)19(25)14-5-8-21-9-6-14/h3-6,8-9,11H,2,7,10,12-13H2,1H3,(H,22,24)/t20-/m0/s1. The number of benzene rings is 1. The molecule has 3 heterocycles. The van der Waals surface area contributed by atoms with E-state index in [0.717, 1.165) is 12.8 Å². The Hall–Kier alpha value is -3.09. The zero-order valence-electron chi connectivity index (χ0n) is 15.1. The van der Waals surface area contributed by atoms with E-state index in [-0.39, 0.29) is 11.8 Å². The van der Waals surface area contributed by atoms with Gasteiger partial charge in [0.05, 0.1) is 25.8 Å². The molecule has 0 unspecified atom stereocenters. The largest absolute Gasteiger partial charge is 0.497 e. The highest BCUT2D eigenvalue weighted by Crippen LogP contribution is 2.34. The fraction of sp³-hybridized carbons (Fsp3) is 0.350. The topological polar surface area (TPSA) is 80.8 Å². The number of nitrogens with one attached hydrogen (secondary N) is 1. The van der Waals surface area contributed by atoms with Gasteiger partial charge in [0.15, 0.2) is 0 Å². The Morgan fingerprint density at radius 1 is 1.30 bits per heavy atom. The summed E-state index contributed by atoms with van der Waals surface area (Å²) >= 11 is 0. The summed E-state index contributed by atoms with van der Waals surface area (Å²) in [6.45, 7) is 1.42. The molecule has 140 valence electrons. The molecule has 7 nitrogen and oxygen atoms in total. The molecular formula is C20H21N3O4. The lowest BCUT2D eigenvalue weighted by Crippen LogP contribution is -2.57. The normalized spacial score (nSPS) is 21.7. The van der Waals surface area contributed by atoms with E-state index in [1.165, 1.54) is 0 Å². The lowest BCUT2D eigenvalue weighted by molar-refractivity contribution is -0.000960. The number of rotatable bonds is 2. The third-order valence-electron chi connectivity index (χ3n) is 5.08. The lowest BCUT2D eigenvalue weighted by atomic mass is 9.92. The van der Waals surface area contributed by atoms with Gasteiger partial charge in [0.2, 0.25) is 0 Å². The zero-order valence-corrected chi connectivity index (χ0v) is 15.1. The third-order valence-corrected chi connectivity index (χ3v) is 5.08. The van der Waals surface area contributed by atoms with Crippen LogP contribution in [-0.4, -0.2) is 54.0 Å². The molecule has 1 N–H and O–H groups in total. The first kappa shape index (κ1) is 17.3. The Kier molecular flexibility index (Phi) is 4.43. The Morgan fingerprint density at radius 3 is 2.89 bits per heavy atom. The highest BCUT2D eigenvalue weighted by molar-refractivity contribution is 5.97. The molecule has 7 heteroatoms. The van der Waals surface area contributed by atoms with E-state index in [0.29, 0.717) is 42.3 Å². The van der Waals surface area contributed by atoms with Crippen LogP contribution < -0.4 is 14.8 Å². The van der Waals surface area contributed by atoms with Crippen LogP contribution in [-0.2, 0) is 0 Å². The second-order valence-electron chi connectivity index (χ2n) is 6.90. The molecule has 1 spiro atoms. The Balaban J connectivity index is 1.62. The molecule has 4 rings (SSSR count). The number of ether oxygens (including phenoxy) is 2. The highest BCUT2D eigenvalue weighted by Gasteiger charge is 2.42. The van der Waals surface area contributed by atoms with Gasteiger partial charge in [0.25, 0.3) is 11.8 Å². The van der Waals surface area contributed by atoms with Crippen molar-refractivity contribution in [2.24, 2.45) is 0 Å². The van der Waals surface area contributed by atoms with Gasteiger partial charge in [0, 0.05) is 30.6 Å². The second kappa shape index (κ2) is 6.90. The van der Waals surface area contributed by atoms with Gasteiger partial charge in [-0.3, -0.25) is 14.6 Å². The number of carbonyl (C=O) groups excluding carboxylic acids is 2. The SMILES string of the molecule is COc1ccc2c(c1)O[C@@]1(CCCN(C(=O)c3ccncc3)C1)CNC2=O. The minimum Gasteiger partial charge on any atom is -0.497 e. The molecule has 2 aromatic rings. The van der Waals surface area contributed by atoms with Crippen LogP contribution >= 0.6 is 0 Å². The predicted octanol–water partition coefficient (Wildman–Crippen LogP) is 1.89. The number of hydrogen-bond acceptors (Lipinski definition) is 5. The highest BCUT2D eigenvalue weighted by atomic mass is 16.5. The van der Waals surface area contributed by atoms with Crippen molar-refractivity contribution >= 4 is 11.8 Å². The molecule has 1 aromatic heterocycles. The summed E-state index contributed by atoms with van der Waals surface area (Å²) in [6, 6.07) is 8.58. The number of methoxy groups -OCH3 is 1. The van der Waals surface area contributed by atoms with E-state index in [1.807, 2.05) is 0 Å². The number of hydrogen-bond donors (Lipinski definition) is 1. The molecule has 0 bridgehead atoms. The summed E-state index contributed by atoms with van der Waals surface area (Å²) in [6.07, 6.45) is 4.77. The molecule has 1 atom stereocenters. The maximum Gasteiger partial charge on any atom is 0.255 e. The van der Waals surface area contributed by atoms with Crippen LogP contribution in [0.5, 0.6) is 11.5 Å². The van der Waals surface area contributed by atoms with E-state index < -0.39 is 5.60 Å². The Morgan fingerprint density at radius 2 is 2.11 bits per heavy atom. The summed E-state index contributed by atoms with van der Waals surface area (Å²) in [5.41, 5.74) is 0.417. The minimum atomic E-state index is -0.659. The molecule has 0 radical (unpaired) electrons. The van der Waals surface area contributed by atoms with Crippen molar-refractivity contribution in [3.05, 3.63) is 53.9 Å². The Bertz CT molecular complexity index is 871. The molecule has 0 saturated carbocycles. The summed E-state index contributed by atoms with van der Waals surface area (Å²) in [7, 11) is 1.57. The van der Waals surface area contributed by atoms with Gasteiger partial charge in [0.1, 0.15) is 17.1 Å². The van der Waals surface area contributed by atoms with Crippen LogP contribution in [0.15, 0.2) is 42.7 Å². The smallest absolute Gasteiger partial charge is 0.255 e. The monoisotopic (exact) mass is 367 g/mol. The van der Waals surface area contributed by atoms with Crippen molar-refractivity contribution in [3.63, 3.8) is 0 Å². The first-order chi connectivity index (χ1) is 13.1. The van der Waals surface area contributed by atoms with Crippen molar-refractivity contribution < 1.29 is 19.1 Å². The second-order valence-corrected chi connectivity index (χ2v) is 6.90. The van der Waals surface area contributed by atoms with Gasteiger partial charge in [-0.1, -0.05) is 0 Å². The first-order valence-corrected chi connectivity index (χ1v) is 8.95. The summed E-state index contributed by atoms with van der Waals surface area (Å²) in [5.74, 6) is 0.880. The number of carbonyl (C=O) groups is 2. The predicted molar refractivity (Wildman–Crippen MR) is 98.1 cm³/mol. The van der Waals surface area contributed by atoms with Crippen molar-refractivity contribution in [3.8, 4) is 11.5 Å². The number of likely N-dealkylation sites (tertiary alicyclic amines) is 1. The van der Waals surface area contributed by atoms with Crippen LogP contribution in [0, 0.1) is 0 Å². The van der Waals surface area contributed by atoms with E-state index in [2.05, 4.69) is 10.3 Å². The Labute approximate surface area is 157 Å². The molecular weight excluding hydrogens is 346 g/mol. The number of pyridine rings is 1. The third kappa shape index (κ3) is 3.32. The first-order valence-electron chi connectivity index (χ1n) is 8.95. The number of piperidine rings is 1. The van der Waals surface area contributed by atoms with Crippen molar-refractivity contribution in [2.75, 3.05) is 26.7 Å². The quantitative estimate of drug-likeness (QED) is 0.877. The minimum absolute atomic E-state index is 0.0542. The molecule has 27 heavy (non-hydrogen) atoms. The van der Waals surface area contributed by atoms with Gasteiger partial charge in [-0.2, -0.15) is 0 Å². The fourth-order valence-electron chi connectivity index (χ4n) is 3.68. The molecule has 0 aliphatic carbocycles. The molecule has 1 fully saturated rings. The molecule has 2 aliphatic rings. The average Bonchev–Trinajstić information content (AvgIpc) is 2.84. The number of fused-ring (bicyclic) bond motifs is 1. The summed E-state index contributed by atoms with van der Waals surface area (Å²) in [4.78, 5) is 31.1. The van der Waals surface area contributed by atoms with Crippen LogP contribution in [0.1, 0.15) is 33.6 Å². The van der Waals surface area contributed by atoms with Crippen LogP contribution in [0.25, 0.3) is 0 Å². The van der Waals surface area contributed by atoms with Crippen molar-refractivity contribution in [2.45, 2.75) is 18.4 Å². The summed E-state index contributed by atoms with van der Waals surface area (Å²) < 4.78 is 11.6. The fourth-order valence-corrected chi connectivity index (χ4v) is 3.68. The van der Waals surface area contributed by atoms with Gasteiger partial charge < -0.3 is 19.7 Å². The maximum absolute atomic E-state index is 12.9. The van der Waals surface area contributed by atoms with Crippen molar-refractivity contribution in [1.82, 2.24) is 15.2 Å². The van der Waals surface area contributed by atoms with Crippen LogP contribution in [0.2, 0.25) is 0 Å². The van der Waals surface area contributed by atoms with Gasteiger partial charge in [-0.15, -0.1) is 0 Å².